The number of aromatic nitrogens is 2. The number of aryl methyl sites for hydroxylation is 1. The molecule has 2 aromatic rings. The summed E-state index contributed by atoms with van der Waals surface area (Å²) in [6.07, 6.45) is 3.60. The average molecular weight is 278 g/mol. The Kier molecular flexibility index (Phi) is 4.35. The van der Waals surface area contributed by atoms with Crippen LogP contribution in [0.1, 0.15) is 21.6 Å². The minimum absolute atomic E-state index is 0.0403. The lowest BCUT2D eigenvalue weighted by Gasteiger charge is -2.03. The number of carbonyl (C=O) groups is 1. The molecule has 0 aliphatic rings. The van der Waals surface area contributed by atoms with Gasteiger partial charge in [0.1, 0.15) is 5.69 Å². The highest BCUT2D eigenvalue weighted by Crippen LogP contribution is 2.19. The molecule has 0 aliphatic heterocycles. The van der Waals surface area contributed by atoms with Crippen LogP contribution in [0.25, 0.3) is 0 Å². The Balaban J connectivity index is 2.11. The van der Waals surface area contributed by atoms with E-state index in [9.17, 15) is 4.79 Å². The molecule has 1 aromatic carbocycles. The molecule has 0 saturated carbocycles. The molecule has 0 amide bonds. The summed E-state index contributed by atoms with van der Waals surface area (Å²) in [6.45, 7) is 3.14. The van der Waals surface area contributed by atoms with Crippen LogP contribution >= 0.6 is 11.6 Å². The zero-order valence-electron chi connectivity index (χ0n) is 10.8. The van der Waals surface area contributed by atoms with E-state index >= 15 is 0 Å². The van der Waals surface area contributed by atoms with Crippen molar-refractivity contribution in [1.29, 1.82) is 0 Å². The molecule has 0 saturated heterocycles. The van der Waals surface area contributed by atoms with Gasteiger partial charge < -0.3 is 10.3 Å². The summed E-state index contributed by atoms with van der Waals surface area (Å²) >= 11 is 6.12. The number of hydrogen-bond acceptors (Lipinski definition) is 3. The molecule has 5 heteroatoms. The van der Waals surface area contributed by atoms with E-state index in [0.717, 1.165) is 11.1 Å². The first-order valence-corrected chi connectivity index (χ1v) is 6.48. The van der Waals surface area contributed by atoms with Gasteiger partial charge in [0.2, 0.25) is 0 Å². The molecular formula is C14H16ClN3O. The largest absolute Gasteiger partial charge is 0.335 e. The zero-order valence-corrected chi connectivity index (χ0v) is 11.5. The number of hydrogen-bond donors (Lipinski definition) is 1. The number of benzene rings is 1. The first-order valence-electron chi connectivity index (χ1n) is 6.10. The minimum atomic E-state index is -0.0403. The van der Waals surface area contributed by atoms with E-state index in [1.54, 1.807) is 12.5 Å². The Bertz CT molecular complexity index is 592. The van der Waals surface area contributed by atoms with Crippen LogP contribution in [0.15, 0.2) is 30.7 Å². The molecule has 0 aliphatic carbocycles. The number of rotatable bonds is 5. The highest BCUT2D eigenvalue weighted by molar-refractivity contribution is 6.31. The third-order valence-electron chi connectivity index (χ3n) is 2.87. The fourth-order valence-electron chi connectivity index (χ4n) is 1.83. The lowest BCUT2D eigenvalue weighted by Crippen LogP contribution is -2.08. The van der Waals surface area contributed by atoms with Crippen molar-refractivity contribution in [2.75, 3.05) is 6.54 Å². The van der Waals surface area contributed by atoms with E-state index in [0.29, 0.717) is 23.8 Å². The summed E-state index contributed by atoms with van der Waals surface area (Å²) in [5, 5.41) is 0.620. The van der Waals surface area contributed by atoms with Crippen LogP contribution in [0.4, 0.5) is 0 Å². The quantitative estimate of drug-likeness (QED) is 0.853. The van der Waals surface area contributed by atoms with Gasteiger partial charge in [-0.1, -0.05) is 23.7 Å². The Labute approximate surface area is 117 Å². The molecule has 2 N–H and O–H groups in total. The number of imidazole rings is 1. The topological polar surface area (TPSA) is 60.9 Å². The van der Waals surface area contributed by atoms with Crippen molar-refractivity contribution in [3.63, 3.8) is 0 Å². The molecular weight excluding hydrogens is 262 g/mol. The smallest absolute Gasteiger partial charge is 0.187 e. The highest BCUT2D eigenvalue weighted by Gasteiger charge is 2.12. The maximum Gasteiger partial charge on any atom is 0.187 e. The van der Waals surface area contributed by atoms with Gasteiger partial charge in [0.15, 0.2) is 5.78 Å². The van der Waals surface area contributed by atoms with E-state index < -0.39 is 0 Å². The van der Waals surface area contributed by atoms with Gasteiger partial charge in [-0.2, -0.15) is 0 Å². The standard InChI is InChI=1S/C14H16ClN3O/c1-10-2-3-11(12(15)6-10)7-14(19)13-8-18(5-4-16)9-17-13/h2-3,6,8-9H,4-5,7,16H2,1H3. The number of nitrogens with two attached hydrogens (primary N) is 1. The highest BCUT2D eigenvalue weighted by atomic mass is 35.5. The maximum atomic E-state index is 12.1. The molecule has 4 nitrogen and oxygen atoms in total. The van der Waals surface area contributed by atoms with E-state index in [1.807, 2.05) is 29.7 Å². The first kappa shape index (κ1) is 13.8. The monoisotopic (exact) mass is 277 g/mol. The van der Waals surface area contributed by atoms with Gasteiger partial charge in [-0.15, -0.1) is 0 Å². The van der Waals surface area contributed by atoms with Gasteiger partial charge in [-0.05, 0) is 24.1 Å². The van der Waals surface area contributed by atoms with E-state index in [-0.39, 0.29) is 12.2 Å². The second-order valence-corrected chi connectivity index (χ2v) is 4.89. The Morgan fingerprint density at radius 2 is 2.26 bits per heavy atom. The van der Waals surface area contributed by atoms with Crippen molar-refractivity contribution in [3.8, 4) is 0 Å². The molecule has 0 radical (unpaired) electrons. The van der Waals surface area contributed by atoms with Crippen LogP contribution in [0.3, 0.4) is 0 Å². The summed E-state index contributed by atoms with van der Waals surface area (Å²) in [5.74, 6) is -0.0403. The molecule has 100 valence electrons. The van der Waals surface area contributed by atoms with Crippen LogP contribution in [0, 0.1) is 6.92 Å². The first-order chi connectivity index (χ1) is 9.10. The predicted octanol–water partition coefficient (Wildman–Crippen LogP) is 2.23. The number of halogens is 1. The van der Waals surface area contributed by atoms with Gasteiger partial charge in [-0.3, -0.25) is 4.79 Å². The fourth-order valence-corrected chi connectivity index (χ4v) is 2.14. The molecule has 2 rings (SSSR count). The van der Waals surface area contributed by atoms with Crippen molar-refractivity contribution >= 4 is 17.4 Å². The minimum Gasteiger partial charge on any atom is -0.335 e. The zero-order chi connectivity index (χ0) is 13.8. The lowest BCUT2D eigenvalue weighted by molar-refractivity contribution is 0.0988. The molecule has 1 aromatic heterocycles. The predicted molar refractivity (Wildman–Crippen MR) is 75.5 cm³/mol. The van der Waals surface area contributed by atoms with E-state index in [2.05, 4.69) is 4.98 Å². The molecule has 0 bridgehead atoms. The second kappa shape index (κ2) is 5.99. The lowest BCUT2D eigenvalue weighted by atomic mass is 10.1. The Morgan fingerprint density at radius 1 is 1.47 bits per heavy atom. The SMILES string of the molecule is Cc1ccc(CC(=O)c2cn(CCN)cn2)c(Cl)c1. The van der Waals surface area contributed by atoms with Crippen molar-refractivity contribution in [3.05, 3.63) is 52.6 Å². The van der Waals surface area contributed by atoms with Crippen molar-refractivity contribution in [2.45, 2.75) is 19.9 Å². The van der Waals surface area contributed by atoms with Crippen molar-refractivity contribution in [2.24, 2.45) is 5.73 Å². The molecule has 0 spiro atoms. The summed E-state index contributed by atoms with van der Waals surface area (Å²) in [6, 6.07) is 5.69. The van der Waals surface area contributed by atoms with Gasteiger partial charge >= 0.3 is 0 Å². The number of carbonyl (C=O) groups excluding carboxylic acids is 1. The number of nitrogens with zero attached hydrogens (tertiary/aromatic N) is 2. The molecule has 0 fully saturated rings. The van der Waals surface area contributed by atoms with Crippen molar-refractivity contribution < 1.29 is 4.79 Å². The molecule has 0 unspecified atom stereocenters. The van der Waals surface area contributed by atoms with E-state index in [4.69, 9.17) is 17.3 Å². The van der Waals surface area contributed by atoms with Crippen molar-refractivity contribution in [1.82, 2.24) is 9.55 Å². The molecule has 1 heterocycles. The molecule has 0 atom stereocenters. The third kappa shape index (κ3) is 3.43. The van der Waals surface area contributed by atoms with Crippen LogP contribution in [-0.4, -0.2) is 21.9 Å². The van der Waals surface area contributed by atoms with Crippen LogP contribution in [0.5, 0.6) is 0 Å². The summed E-state index contributed by atoms with van der Waals surface area (Å²) in [7, 11) is 0. The summed E-state index contributed by atoms with van der Waals surface area (Å²) < 4.78 is 1.81. The van der Waals surface area contributed by atoms with Crippen LogP contribution in [0.2, 0.25) is 5.02 Å². The molecule has 19 heavy (non-hydrogen) atoms. The second-order valence-electron chi connectivity index (χ2n) is 4.48. The number of Topliss-reactive ketones (excluding diaryl/α,β-unsaturated/α-hetero) is 1. The Morgan fingerprint density at radius 3 is 2.95 bits per heavy atom. The van der Waals surface area contributed by atoms with Gasteiger partial charge in [0.05, 0.1) is 6.33 Å². The third-order valence-corrected chi connectivity index (χ3v) is 3.22. The van der Waals surface area contributed by atoms with Gasteiger partial charge in [0.25, 0.3) is 0 Å². The number of ketones is 1. The summed E-state index contributed by atoms with van der Waals surface area (Å²) in [4.78, 5) is 16.2. The summed E-state index contributed by atoms with van der Waals surface area (Å²) in [5.41, 5.74) is 7.80. The van der Waals surface area contributed by atoms with Crippen LogP contribution in [-0.2, 0) is 13.0 Å². The van der Waals surface area contributed by atoms with E-state index in [1.165, 1.54) is 0 Å². The Hall–Kier alpha value is -1.65. The fraction of sp³-hybridized carbons (Fsp3) is 0.286. The maximum absolute atomic E-state index is 12.1. The van der Waals surface area contributed by atoms with Gasteiger partial charge in [-0.25, -0.2) is 4.98 Å². The van der Waals surface area contributed by atoms with Crippen LogP contribution < -0.4 is 5.73 Å². The normalized spacial score (nSPS) is 10.7. The van der Waals surface area contributed by atoms with Gasteiger partial charge in [0, 0.05) is 30.7 Å². The average Bonchev–Trinajstić information content (AvgIpc) is 2.82.